The number of amides is 1. The summed E-state index contributed by atoms with van der Waals surface area (Å²) in [6.07, 6.45) is 0. The van der Waals surface area contributed by atoms with Gasteiger partial charge in [0, 0.05) is 31.0 Å². The van der Waals surface area contributed by atoms with E-state index in [4.69, 9.17) is 4.74 Å². The van der Waals surface area contributed by atoms with E-state index in [9.17, 15) is 4.79 Å². The number of carbonyl (C=O) groups is 1. The summed E-state index contributed by atoms with van der Waals surface area (Å²) in [6.45, 7) is 0.468. The Labute approximate surface area is 139 Å². The van der Waals surface area contributed by atoms with Crippen LogP contribution in [-0.4, -0.2) is 33.2 Å². The molecular weight excluding hydrogens is 306 g/mol. The predicted molar refractivity (Wildman–Crippen MR) is 89.3 cm³/mol. The van der Waals surface area contributed by atoms with E-state index >= 15 is 0 Å². The molecule has 0 saturated heterocycles. The maximum absolute atomic E-state index is 12.4. The van der Waals surface area contributed by atoms with Crippen LogP contribution in [0.5, 0.6) is 0 Å². The Kier molecular flexibility index (Phi) is 4.62. The molecule has 7 nitrogen and oxygen atoms in total. The van der Waals surface area contributed by atoms with Crippen molar-refractivity contribution < 1.29 is 9.53 Å². The number of benzene rings is 2. The smallest absolute Gasteiger partial charge is 0.255 e. The molecule has 0 aliphatic rings. The van der Waals surface area contributed by atoms with Gasteiger partial charge in [0.25, 0.3) is 5.91 Å². The Morgan fingerprint density at radius 1 is 1.21 bits per heavy atom. The lowest BCUT2D eigenvalue weighted by Crippen LogP contribution is -2.12. The van der Waals surface area contributed by atoms with Crippen molar-refractivity contribution in [2.45, 2.75) is 6.61 Å². The number of hydrogen-bond donors (Lipinski definition) is 1. The van der Waals surface area contributed by atoms with E-state index in [1.54, 1.807) is 24.9 Å². The largest absolute Gasteiger partial charge is 0.380 e. The van der Waals surface area contributed by atoms with Crippen LogP contribution in [0, 0.1) is 0 Å². The minimum Gasteiger partial charge on any atom is -0.380 e. The van der Waals surface area contributed by atoms with Crippen molar-refractivity contribution in [1.29, 1.82) is 0 Å². The first-order valence-corrected chi connectivity index (χ1v) is 7.39. The molecule has 1 amide bonds. The maximum Gasteiger partial charge on any atom is 0.255 e. The van der Waals surface area contributed by atoms with E-state index in [-0.39, 0.29) is 5.91 Å². The standard InChI is InChI=1S/C17H17N5O2/c1-22-16(19-20-21-22)13-6-4-8-15(10-13)18-17(23)14-7-3-5-12(9-14)11-24-2/h3-10H,11H2,1-2H3,(H,18,23). The van der Waals surface area contributed by atoms with Gasteiger partial charge in [-0.2, -0.15) is 0 Å². The molecule has 3 rings (SSSR count). The van der Waals surface area contributed by atoms with Gasteiger partial charge in [-0.05, 0) is 40.3 Å². The summed E-state index contributed by atoms with van der Waals surface area (Å²) in [5, 5.41) is 14.3. The molecule has 7 heteroatoms. The van der Waals surface area contributed by atoms with Crippen molar-refractivity contribution in [3.05, 3.63) is 59.7 Å². The lowest BCUT2D eigenvalue weighted by molar-refractivity contribution is 0.102. The molecule has 0 saturated carbocycles. The summed E-state index contributed by atoms with van der Waals surface area (Å²) in [5.74, 6) is 0.453. The Morgan fingerprint density at radius 3 is 2.79 bits per heavy atom. The zero-order valence-corrected chi connectivity index (χ0v) is 13.4. The van der Waals surface area contributed by atoms with Crippen LogP contribution < -0.4 is 5.32 Å². The number of tetrazole rings is 1. The molecule has 0 unspecified atom stereocenters. The molecule has 122 valence electrons. The van der Waals surface area contributed by atoms with Crippen LogP contribution in [0.15, 0.2) is 48.5 Å². The van der Waals surface area contributed by atoms with Crippen LogP contribution in [0.4, 0.5) is 5.69 Å². The molecule has 24 heavy (non-hydrogen) atoms. The first kappa shape index (κ1) is 15.8. The number of nitrogens with one attached hydrogen (secondary N) is 1. The highest BCUT2D eigenvalue weighted by Crippen LogP contribution is 2.20. The molecule has 1 N–H and O–H groups in total. The van der Waals surface area contributed by atoms with Crippen LogP contribution in [0.2, 0.25) is 0 Å². The van der Waals surface area contributed by atoms with Gasteiger partial charge in [-0.25, -0.2) is 4.68 Å². The quantitative estimate of drug-likeness (QED) is 0.779. The molecule has 2 aromatic carbocycles. The van der Waals surface area contributed by atoms with Crippen molar-refractivity contribution in [2.24, 2.45) is 7.05 Å². The maximum atomic E-state index is 12.4. The fourth-order valence-corrected chi connectivity index (χ4v) is 2.38. The van der Waals surface area contributed by atoms with Gasteiger partial charge in [0.15, 0.2) is 5.82 Å². The van der Waals surface area contributed by atoms with Gasteiger partial charge in [-0.15, -0.1) is 5.10 Å². The summed E-state index contributed by atoms with van der Waals surface area (Å²) in [5.41, 5.74) is 3.03. The first-order valence-electron chi connectivity index (χ1n) is 7.39. The van der Waals surface area contributed by atoms with E-state index in [2.05, 4.69) is 20.8 Å². The van der Waals surface area contributed by atoms with Crippen molar-refractivity contribution >= 4 is 11.6 Å². The second-order valence-corrected chi connectivity index (χ2v) is 5.29. The fraction of sp³-hybridized carbons (Fsp3) is 0.176. The number of hydrogen-bond acceptors (Lipinski definition) is 5. The fourth-order valence-electron chi connectivity index (χ4n) is 2.38. The highest BCUT2D eigenvalue weighted by molar-refractivity contribution is 6.04. The Balaban J connectivity index is 1.80. The van der Waals surface area contributed by atoms with E-state index < -0.39 is 0 Å². The third-order valence-corrected chi connectivity index (χ3v) is 3.50. The molecule has 0 spiro atoms. The zero-order valence-electron chi connectivity index (χ0n) is 13.4. The lowest BCUT2D eigenvalue weighted by atomic mass is 10.1. The zero-order chi connectivity index (χ0) is 16.9. The van der Waals surface area contributed by atoms with Crippen molar-refractivity contribution in [3.63, 3.8) is 0 Å². The van der Waals surface area contributed by atoms with Gasteiger partial charge >= 0.3 is 0 Å². The molecule has 3 aromatic rings. The molecule has 0 bridgehead atoms. The van der Waals surface area contributed by atoms with Crippen LogP contribution in [0.1, 0.15) is 15.9 Å². The van der Waals surface area contributed by atoms with Crippen LogP contribution in [0.25, 0.3) is 11.4 Å². The van der Waals surface area contributed by atoms with Gasteiger partial charge in [-0.3, -0.25) is 4.79 Å². The number of rotatable bonds is 5. The topological polar surface area (TPSA) is 81.9 Å². The third kappa shape index (κ3) is 3.47. The molecule has 0 atom stereocenters. The number of ether oxygens (including phenoxy) is 1. The number of anilines is 1. The molecular formula is C17H17N5O2. The predicted octanol–water partition coefficient (Wildman–Crippen LogP) is 2.28. The number of nitrogens with zero attached hydrogens (tertiary/aromatic N) is 4. The van der Waals surface area contributed by atoms with Crippen LogP contribution >= 0.6 is 0 Å². The number of carbonyl (C=O) groups excluding carboxylic acids is 1. The highest BCUT2D eigenvalue weighted by atomic mass is 16.5. The normalized spacial score (nSPS) is 10.6. The van der Waals surface area contributed by atoms with Crippen LogP contribution in [-0.2, 0) is 18.4 Å². The number of methoxy groups -OCH3 is 1. The first-order chi connectivity index (χ1) is 11.7. The molecule has 0 aliphatic heterocycles. The molecule has 0 radical (unpaired) electrons. The van der Waals surface area contributed by atoms with E-state index in [1.807, 2.05) is 42.5 Å². The Hall–Kier alpha value is -3.06. The van der Waals surface area contributed by atoms with Crippen LogP contribution in [0.3, 0.4) is 0 Å². The third-order valence-electron chi connectivity index (χ3n) is 3.50. The lowest BCUT2D eigenvalue weighted by Gasteiger charge is -2.08. The van der Waals surface area contributed by atoms with E-state index in [1.165, 1.54) is 0 Å². The molecule has 0 aliphatic carbocycles. The minimum atomic E-state index is -0.179. The van der Waals surface area contributed by atoms with E-state index in [0.717, 1.165) is 11.1 Å². The Bertz CT molecular complexity index is 859. The Morgan fingerprint density at radius 2 is 2.04 bits per heavy atom. The average molecular weight is 323 g/mol. The van der Waals surface area contributed by atoms with E-state index in [0.29, 0.717) is 23.7 Å². The molecule has 1 heterocycles. The van der Waals surface area contributed by atoms with Gasteiger partial charge in [0.1, 0.15) is 0 Å². The second kappa shape index (κ2) is 7.01. The SMILES string of the molecule is COCc1cccc(C(=O)Nc2cccc(-c3nnnn3C)c2)c1. The molecule has 0 fully saturated rings. The average Bonchev–Trinajstić information content (AvgIpc) is 3.02. The minimum absolute atomic E-state index is 0.179. The highest BCUT2D eigenvalue weighted by Gasteiger charge is 2.10. The van der Waals surface area contributed by atoms with Gasteiger partial charge in [0.05, 0.1) is 6.61 Å². The summed E-state index contributed by atoms with van der Waals surface area (Å²) in [6, 6.07) is 14.7. The van der Waals surface area contributed by atoms with Gasteiger partial charge in [-0.1, -0.05) is 24.3 Å². The van der Waals surface area contributed by atoms with Gasteiger partial charge < -0.3 is 10.1 Å². The summed E-state index contributed by atoms with van der Waals surface area (Å²) in [7, 11) is 3.39. The second-order valence-electron chi connectivity index (χ2n) is 5.29. The summed E-state index contributed by atoms with van der Waals surface area (Å²) in [4.78, 5) is 12.4. The van der Waals surface area contributed by atoms with Crippen molar-refractivity contribution in [3.8, 4) is 11.4 Å². The monoisotopic (exact) mass is 323 g/mol. The molecule has 1 aromatic heterocycles. The van der Waals surface area contributed by atoms with Gasteiger partial charge in [0.2, 0.25) is 0 Å². The number of aromatic nitrogens is 4. The van der Waals surface area contributed by atoms with Crippen molar-refractivity contribution in [1.82, 2.24) is 20.2 Å². The summed E-state index contributed by atoms with van der Waals surface area (Å²) < 4.78 is 6.67. The summed E-state index contributed by atoms with van der Waals surface area (Å²) >= 11 is 0. The van der Waals surface area contributed by atoms with Crippen molar-refractivity contribution in [2.75, 3.05) is 12.4 Å². The number of aryl methyl sites for hydroxylation is 1.